The Balaban J connectivity index is 2.35. The molecule has 1 aromatic rings. The van der Waals surface area contributed by atoms with Crippen molar-refractivity contribution in [3.8, 4) is 0 Å². The molecule has 0 spiro atoms. The molecule has 1 unspecified atom stereocenters. The first-order valence-electron chi connectivity index (χ1n) is 3.74. The number of Topliss-reactive ketones (excluding diaryl/α,β-unsaturated/α-hetero) is 1. The van der Waals surface area contributed by atoms with Crippen molar-refractivity contribution >= 4 is 17.5 Å². The molecule has 0 radical (unpaired) electrons. The standard InChI is InChI=1S/C8H9NO2S/c1-9-5-4-12-6-2-3-11-8(6)7(5)10/h2-3,5,9H,4H2,1H3. The smallest absolute Gasteiger partial charge is 0.216 e. The van der Waals surface area contributed by atoms with Crippen molar-refractivity contribution < 1.29 is 9.21 Å². The summed E-state index contributed by atoms with van der Waals surface area (Å²) in [5, 5.41) is 2.95. The van der Waals surface area contributed by atoms with E-state index in [4.69, 9.17) is 4.42 Å². The van der Waals surface area contributed by atoms with Crippen molar-refractivity contribution in [2.45, 2.75) is 10.9 Å². The van der Waals surface area contributed by atoms with Crippen LogP contribution in [0.3, 0.4) is 0 Å². The Hall–Kier alpha value is -0.740. The number of fused-ring (bicyclic) bond motifs is 1. The topological polar surface area (TPSA) is 42.2 Å². The highest BCUT2D eigenvalue weighted by Gasteiger charge is 2.29. The van der Waals surface area contributed by atoms with Gasteiger partial charge < -0.3 is 9.73 Å². The van der Waals surface area contributed by atoms with E-state index in [-0.39, 0.29) is 11.8 Å². The Morgan fingerprint density at radius 3 is 3.33 bits per heavy atom. The Labute approximate surface area is 74.5 Å². The quantitative estimate of drug-likeness (QED) is 0.709. The first-order chi connectivity index (χ1) is 5.83. The van der Waals surface area contributed by atoms with Gasteiger partial charge in [0, 0.05) is 5.75 Å². The van der Waals surface area contributed by atoms with Crippen LogP contribution in [-0.2, 0) is 0 Å². The van der Waals surface area contributed by atoms with Gasteiger partial charge in [0.25, 0.3) is 0 Å². The second-order valence-electron chi connectivity index (χ2n) is 2.63. The number of ketones is 1. The predicted octanol–water partition coefficient (Wildman–Crippen LogP) is 1.16. The number of thioether (sulfide) groups is 1. The Bertz CT molecular complexity index is 308. The number of nitrogens with one attached hydrogen (secondary N) is 1. The van der Waals surface area contributed by atoms with Crippen molar-refractivity contribution in [1.29, 1.82) is 0 Å². The summed E-state index contributed by atoms with van der Waals surface area (Å²) in [6.07, 6.45) is 1.56. The monoisotopic (exact) mass is 183 g/mol. The zero-order valence-electron chi connectivity index (χ0n) is 6.66. The van der Waals surface area contributed by atoms with E-state index in [9.17, 15) is 4.79 Å². The van der Waals surface area contributed by atoms with Crippen LogP contribution in [0, 0.1) is 0 Å². The molecule has 0 aromatic carbocycles. The summed E-state index contributed by atoms with van der Waals surface area (Å²) >= 11 is 1.65. The summed E-state index contributed by atoms with van der Waals surface area (Å²) in [6, 6.07) is 1.75. The number of hydrogen-bond donors (Lipinski definition) is 1. The van der Waals surface area contributed by atoms with Crippen LogP contribution in [0.2, 0.25) is 0 Å². The summed E-state index contributed by atoms with van der Waals surface area (Å²) in [5.74, 6) is 1.36. The summed E-state index contributed by atoms with van der Waals surface area (Å²) in [5.41, 5.74) is 0. The van der Waals surface area contributed by atoms with Gasteiger partial charge in [-0.25, -0.2) is 0 Å². The van der Waals surface area contributed by atoms with E-state index in [1.165, 1.54) is 0 Å². The summed E-state index contributed by atoms with van der Waals surface area (Å²) in [7, 11) is 1.79. The third-order valence-electron chi connectivity index (χ3n) is 1.92. The SMILES string of the molecule is CNC1CSc2ccoc2C1=O. The lowest BCUT2D eigenvalue weighted by Gasteiger charge is -2.17. The molecule has 0 fully saturated rings. The van der Waals surface area contributed by atoms with E-state index in [2.05, 4.69) is 5.32 Å². The number of furan rings is 1. The number of carbonyl (C=O) groups is 1. The fourth-order valence-electron chi connectivity index (χ4n) is 1.21. The maximum absolute atomic E-state index is 11.5. The second kappa shape index (κ2) is 2.95. The second-order valence-corrected chi connectivity index (χ2v) is 3.69. The zero-order valence-corrected chi connectivity index (χ0v) is 7.48. The molecule has 0 amide bonds. The molecular weight excluding hydrogens is 174 g/mol. The van der Waals surface area contributed by atoms with E-state index < -0.39 is 0 Å². The van der Waals surface area contributed by atoms with Gasteiger partial charge in [-0.05, 0) is 13.1 Å². The van der Waals surface area contributed by atoms with Crippen LogP contribution in [0.1, 0.15) is 10.6 Å². The zero-order chi connectivity index (χ0) is 8.55. The van der Waals surface area contributed by atoms with Crippen molar-refractivity contribution in [2.75, 3.05) is 12.8 Å². The number of likely N-dealkylation sites (N-methyl/N-ethyl adjacent to an activating group) is 1. The average Bonchev–Trinajstić information content (AvgIpc) is 2.53. The van der Waals surface area contributed by atoms with Crippen molar-refractivity contribution in [3.63, 3.8) is 0 Å². The molecule has 12 heavy (non-hydrogen) atoms. The molecular formula is C8H9NO2S. The van der Waals surface area contributed by atoms with Gasteiger partial charge in [-0.1, -0.05) is 0 Å². The van der Waals surface area contributed by atoms with Gasteiger partial charge in [-0.3, -0.25) is 4.79 Å². The number of carbonyl (C=O) groups excluding carboxylic acids is 1. The lowest BCUT2D eigenvalue weighted by atomic mass is 10.1. The van der Waals surface area contributed by atoms with E-state index in [1.807, 2.05) is 6.07 Å². The van der Waals surface area contributed by atoms with Crippen LogP contribution >= 0.6 is 11.8 Å². The lowest BCUT2D eigenvalue weighted by Crippen LogP contribution is -2.38. The van der Waals surface area contributed by atoms with Gasteiger partial charge in [0.1, 0.15) is 0 Å². The minimum atomic E-state index is -0.0892. The maximum Gasteiger partial charge on any atom is 0.216 e. The predicted molar refractivity (Wildman–Crippen MR) is 46.6 cm³/mol. The molecule has 4 heteroatoms. The number of rotatable bonds is 1. The molecule has 1 aromatic heterocycles. The normalized spacial score (nSPS) is 22.4. The van der Waals surface area contributed by atoms with Crippen LogP contribution in [0.4, 0.5) is 0 Å². The molecule has 2 rings (SSSR count). The van der Waals surface area contributed by atoms with E-state index in [0.29, 0.717) is 5.76 Å². The molecule has 1 N–H and O–H groups in total. The van der Waals surface area contributed by atoms with Crippen LogP contribution in [0.5, 0.6) is 0 Å². The van der Waals surface area contributed by atoms with Crippen LogP contribution in [-0.4, -0.2) is 24.6 Å². The lowest BCUT2D eigenvalue weighted by molar-refractivity contribution is 0.0922. The molecule has 0 bridgehead atoms. The summed E-state index contributed by atoms with van der Waals surface area (Å²) in [4.78, 5) is 12.5. The summed E-state index contributed by atoms with van der Waals surface area (Å²) in [6.45, 7) is 0. The third kappa shape index (κ3) is 1.07. The average molecular weight is 183 g/mol. The Kier molecular flexibility index (Phi) is 1.94. The molecule has 3 nitrogen and oxygen atoms in total. The van der Waals surface area contributed by atoms with Gasteiger partial charge in [-0.2, -0.15) is 0 Å². The molecule has 0 aliphatic carbocycles. The molecule has 1 aliphatic rings. The highest BCUT2D eigenvalue weighted by molar-refractivity contribution is 7.99. The molecule has 0 saturated carbocycles. The van der Waals surface area contributed by atoms with Crippen molar-refractivity contribution in [1.82, 2.24) is 5.32 Å². The largest absolute Gasteiger partial charge is 0.460 e. The van der Waals surface area contributed by atoms with Crippen LogP contribution < -0.4 is 5.32 Å². The van der Waals surface area contributed by atoms with Gasteiger partial charge >= 0.3 is 0 Å². The van der Waals surface area contributed by atoms with Crippen molar-refractivity contribution in [2.24, 2.45) is 0 Å². The van der Waals surface area contributed by atoms with Crippen LogP contribution in [0.25, 0.3) is 0 Å². The molecule has 64 valence electrons. The highest BCUT2D eigenvalue weighted by atomic mass is 32.2. The molecule has 0 saturated heterocycles. The first kappa shape index (κ1) is 7.89. The van der Waals surface area contributed by atoms with E-state index in [1.54, 1.807) is 25.1 Å². The Morgan fingerprint density at radius 2 is 2.58 bits per heavy atom. The molecule has 1 aliphatic heterocycles. The van der Waals surface area contributed by atoms with E-state index >= 15 is 0 Å². The van der Waals surface area contributed by atoms with Crippen molar-refractivity contribution in [3.05, 3.63) is 18.1 Å². The summed E-state index contributed by atoms with van der Waals surface area (Å²) < 4.78 is 5.09. The van der Waals surface area contributed by atoms with Gasteiger partial charge in [0.15, 0.2) is 5.76 Å². The van der Waals surface area contributed by atoms with Gasteiger partial charge in [0.05, 0.1) is 17.2 Å². The molecule has 2 heterocycles. The van der Waals surface area contributed by atoms with Crippen LogP contribution in [0.15, 0.2) is 21.6 Å². The fraction of sp³-hybridized carbons (Fsp3) is 0.375. The third-order valence-corrected chi connectivity index (χ3v) is 3.06. The minimum absolute atomic E-state index is 0.0660. The van der Waals surface area contributed by atoms with Gasteiger partial charge in [0.2, 0.25) is 5.78 Å². The first-order valence-corrected chi connectivity index (χ1v) is 4.73. The molecule has 1 atom stereocenters. The number of hydrogen-bond acceptors (Lipinski definition) is 4. The maximum atomic E-state index is 11.5. The highest BCUT2D eigenvalue weighted by Crippen LogP contribution is 2.30. The minimum Gasteiger partial charge on any atom is -0.460 e. The van der Waals surface area contributed by atoms with E-state index in [0.717, 1.165) is 10.6 Å². The van der Waals surface area contributed by atoms with Gasteiger partial charge in [-0.15, -0.1) is 11.8 Å². The fourth-order valence-corrected chi connectivity index (χ4v) is 2.31. The Morgan fingerprint density at radius 1 is 1.75 bits per heavy atom.